The van der Waals surface area contributed by atoms with Gasteiger partial charge in [0.05, 0.1) is 11.3 Å². The molecular weight excluding hydrogens is 285 g/mol. The molecule has 0 unspecified atom stereocenters. The van der Waals surface area contributed by atoms with Gasteiger partial charge in [-0.25, -0.2) is 9.18 Å². The lowest BCUT2D eigenvalue weighted by Gasteiger charge is -2.19. The molecule has 0 aliphatic rings. The second-order valence-corrected chi connectivity index (χ2v) is 6.07. The van der Waals surface area contributed by atoms with Crippen molar-refractivity contribution >= 4 is 29.4 Å². The number of hydrogen-bond acceptors (Lipinski definition) is 5. The van der Waals surface area contributed by atoms with Crippen LogP contribution in [0.15, 0.2) is 17.0 Å². The molecule has 3 N–H and O–H groups in total. The maximum atomic E-state index is 13.6. The number of rotatable bonds is 4. The molecule has 20 heavy (non-hydrogen) atoms. The van der Waals surface area contributed by atoms with E-state index in [4.69, 9.17) is 15.6 Å². The maximum absolute atomic E-state index is 13.6. The summed E-state index contributed by atoms with van der Waals surface area (Å²) < 4.78 is 18.7. The smallest absolute Gasteiger partial charge is 0.337 e. The predicted molar refractivity (Wildman–Crippen MR) is 74.3 cm³/mol. The first-order chi connectivity index (χ1) is 9.10. The topological polar surface area (TPSA) is 89.6 Å². The molecule has 1 aromatic carbocycles. The van der Waals surface area contributed by atoms with Gasteiger partial charge in [0.15, 0.2) is 0 Å². The second-order valence-electron chi connectivity index (χ2n) is 5.05. The molecule has 7 heteroatoms. The molecule has 0 saturated heterocycles. The van der Waals surface area contributed by atoms with E-state index in [9.17, 15) is 14.0 Å². The number of carbonyl (C=O) groups is 2. The van der Waals surface area contributed by atoms with Crippen molar-refractivity contribution in [2.75, 3.05) is 11.5 Å². The van der Waals surface area contributed by atoms with Crippen molar-refractivity contribution < 1.29 is 23.8 Å². The Morgan fingerprint density at radius 3 is 2.50 bits per heavy atom. The van der Waals surface area contributed by atoms with Crippen molar-refractivity contribution in [2.24, 2.45) is 0 Å². The number of anilines is 1. The lowest BCUT2D eigenvalue weighted by Crippen LogP contribution is -2.24. The summed E-state index contributed by atoms with van der Waals surface area (Å²) in [6.45, 7) is 5.17. The Morgan fingerprint density at radius 1 is 1.40 bits per heavy atom. The fraction of sp³-hybridized carbons (Fsp3) is 0.385. The van der Waals surface area contributed by atoms with Crippen LogP contribution in [0.3, 0.4) is 0 Å². The molecule has 0 aliphatic carbocycles. The van der Waals surface area contributed by atoms with Crippen LogP contribution in [0.1, 0.15) is 31.1 Å². The van der Waals surface area contributed by atoms with E-state index in [-0.39, 0.29) is 21.9 Å². The van der Waals surface area contributed by atoms with Crippen LogP contribution >= 0.6 is 11.8 Å². The monoisotopic (exact) mass is 301 g/mol. The molecule has 0 radical (unpaired) electrons. The quantitative estimate of drug-likeness (QED) is 0.504. The van der Waals surface area contributed by atoms with Crippen LogP contribution in [0.25, 0.3) is 0 Å². The Morgan fingerprint density at radius 2 is 2.00 bits per heavy atom. The van der Waals surface area contributed by atoms with Gasteiger partial charge < -0.3 is 15.6 Å². The Balaban J connectivity index is 2.81. The number of nitrogens with two attached hydrogens (primary N) is 1. The molecule has 0 heterocycles. The molecule has 1 aromatic rings. The van der Waals surface area contributed by atoms with Gasteiger partial charge in [-0.3, -0.25) is 4.79 Å². The predicted octanol–water partition coefficient (Wildman–Crippen LogP) is 2.54. The summed E-state index contributed by atoms with van der Waals surface area (Å²) in [5, 5.41) is 8.91. The zero-order valence-electron chi connectivity index (χ0n) is 11.4. The Hall–Kier alpha value is -1.76. The normalized spacial score (nSPS) is 11.2. The van der Waals surface area contributed by atoms with E-state index in [1.807, 2.05) is 0 Å². The zero-order valence-corrected chi connectivity index (χ0v) is 12.2. The number of halogens is 1. The van der Waals surface area contributed by atoms with Crippen LogP contribution in [0, 0.1) is 5.82 Å². The maximum Gasteiger partial charge on any atom is 0.337 e. The van der Waals surface area contributed by atoms with Crippen molar-refractivity contribution in [3.63, 3.8) is 0 Å². The first-order valence-corrected chi connectivity index (χ1v) is 6.75. The van der Waals surface area contributed by atoms with Crippen LogP contribution < -0.4 is 5.73 Å². The van der Waals surface area contributed by atoms with Gasteiger partial charge in [-0.2, -0.15) is 0 Å². The summed E-state index contributed by atoms with van der Waals surface area (Å²) in [6, 6.07) is 2.04. The molecule has 0 amide bonds. The van der Waals surface area contributed by atoms with Crippen LogP contribution in [0.2, 0.25) is 0 Å². The van der Waals surface area contributed by atoms with Gasteiger partial charge in [0.25, 0.3) is 0 Å². The summed E-state index contributed by atoms with van der Waals surface area (Å²) in [4.78, 5) is 22.5. The van der Waals surface area contributed by atoms with Crippen molar-refractivity contribution in [1.29, 1.82) is 0 Å². The van der Waals surface area contributed by atoms with Crippen LogP contribution in [-0.2, 0) is 9.53 Å². The van der Waals surface area contributed by atoms with Gasteiger partial charge in [-0.15, -0.1) is 11.8 Å². The van der Waals surface area contributed by atoms with Crippen molar-refractivity contribution in [3.05, 3.63) is 23.5 Å². The number of esters is 1. The average Bonchev–Trinajstić information content (AvgIpc) is 2.24. The first-order valence-electron chi connectivity index (χ1n) is 5.77. The fourth-order valence-corrected chi connectivity index (χ4v) is 2.10. The number of nitrogen functional groups attached to an aromatic ring is 1. The highest BCUT2D eigenvalue weighted by Crippen LogP contribution is 2.27. The van der Waals surface area contributed by atoms with Gasteiger partial charge in [0.2, 0.25) is 0 Å². The number of hydrogen-bond donors (Lipinski definition) is 2. The lowest BCUT2D eigenvalue weighted by molar-refractivity contribution is -0.151. The molecule has 0 spiro atoms. The molecule has 0 aliphatic heterocycles. The van der Waals surface area contributed by atoms with E-state index in [0.717, 1.165) is 23.9 Å². The molecule has 110 valence electrons. The summed E-state index contributed by atoms with van der Waals surface area (Å²) >= 11 is 0.868. The van der Waals surface area contributed by atoms with Gasteiger partial charge in [-0.05, 0) is 32.9 Å². The van der Waals surface area contributed by atoms with E-state index < -0.39 is 23.4 Å². The highest BCUT2D eigenvalue weighted by Gasteiger charge is 2.18. The lowest BCUT2D eigenvalue weighted by atomic mass is 10.2. The van der Waals surface area contributed by atoms with Crippen LogP contribution in [0.5, 0.6) is 0 Å². The number of aromatic carboxylic acids is 1. The summed E-state index contributed by atoms with van der Waals surface area (Å²) in [5.74, 6) is -2.53. The third-order valence-electron chi connectivity index (χ3n) is 2.10. The van der Waals surface area contributed by atoms with Gasteiger partial charge in [-0.1, -0.05) is 0 Å². The largest absolute Gasteiger partial charge is 0.478 e. The van der Waals surface area contributed by atoms with Gasteiger partial charge >= 0.3 is 11.9 Å². The van der Waals surface area contributed by atoms with Crippen molar-refractivity contribution in [3.8, 4) is 0 Å². The molecule has 5 nitrogen and oxygen atoms in total. The minimum Gasteiger partial charge on any atom is -0.478 e. The minimum absolute atomic E-state index is 0.0439. The van der Waals surface area contributed by atoms with Crippen molar-refractivity contribution in [1.82, 2.24) is 0 Å². The van der Waals surface area contributed by atoms with E-state index in [2.05, 4.69) is 0 Å². The molecule has 0 aromatic heterocycles. The Bertz CT molecular complexity index is 540. The second kappa shape index (κ2) is 6.13. The number of ether oxygens (including phenoxy) is 1. The van der Waals surface area contributed by atoms with E-state index in [1.54, 1.807) is 20.8 Å². The average molecular weight is 301 g/mol. The zero-order chi connectivity index (χ0) is 15.5. The standard InChI is InChI=1S/C13H16FNO4S/c1-13(2,3)19-11(16)6-20-10-4-7(12(17)18)9(15)5-8(10)14/h4-5H,6,15H2,1-3H3,(H,17,18). The van der Waals surface area contributed by atoms with Crippen molar-refractivity contribution in [2.45, 2.75) is 31.3 Å². The van der Waals surface area contributed by atoms with E-state index >= 15 is 0 Å². The van der Waals surface area contributed by atoms with Gasteiger partial charge in [0.1, 0.15) is 11.4 Å². The Kier molecular flexibility index (Phi) is 4.99. The first kappa shape index (κ1) is 16.3. The number of benzene rings is 1. The minimum atomic E-state index is -1.25. The van der Waals surface area contributed by atoms with Crippen LogP contribution in [-0.4, -0.2) is 28.4 Å². The number of carboxylic acids is 1. The number of thioether (sulfide) groups is 1. The Labute approximate surface area is 120 Å². The number of carboxylic acid groups (broad SMARTS) is 1. The van der Waals surface area contributed by atoms with Crippen LogP contribution in [0.4, 0.5) is 10.1 Å². The highest BCUT2D eigenvalue weighted by molar-refractivity contribution is 8.00. The SMILES string of the molecule is CC(C)(C)OC(=O)CSc1cc(C(=O)O)c(N)cc1F. The molecule has 0 atom stereocenters. The summed E-state index contributed by atoms with van der Waals surface area (Å²) in [6.07, 6.45) is 0. The third-order valence-corrected chi connectivity index (χ3v) is 3.10. The van der Waals surface area contributed by atoms with Gasteiger partial charge in [0, 0.05) is 10.6 Å². The molecular formula is C13H16FNO4S. The number of carbonyl (C=O) groups excluding carboxylic acids is 1. The summed E-state index contributed by atoms with van der Waals surface area (Å²) in [7, 11) is 0. The third kappa shape index (κ3) is 4.73. The molecule has 0 bridgehead atoms. The van der Waals surface area contributed by atoms with E-state index in [1.165, 1.54) is 0 Å². The summed E-state index contributed by atoms with van der Waals surface area (Å²) in [5.41, 5.74) is 4.44. The van der Waals surface area contributed by atoms with E-state index in [0.29, 0.717) is 0 Å². The molecule has 0 saturated carbocycles. The molecule has 0 fully saturated rings. The highest BCUT2D eigenvalue weighted by atomic mass is 32.2. The molecule has 1 rings (SSSR count). The fourth-order valence-electron chi connectivity index (χ4n) is 1.37.